The topological polar surface area (TPSA) is 0 Å². The molecule has 0 fully saturated rings. The minimum Gasteiger partial charge on any atom is -0.114 e. The smallest absolute Gasteiger partial charge is 0.0708 e. The van der Waals surface area contributed by atoms with E-state index in [1.165, 1.54) is 0 Å². The summed E-state index contributed by atoms with van der Waals surface area (Å²) >= 11 is 10.9. The molecular formula is C6H7Cl2. The predicted octanol–water partition coefficient (Wildman–Crippen LogP) is 2.74. The number of halogens is 2. The summed E-state index contributed by atoms with van der Waals surface area (Å²) < 4.78 is 0. The Kier molecular flexibility index (Phi) is 4.02. The lowest BCUT2D eigenvalue weighted by Crippen LogP contribution is -1.83. The molecule has 8 heavy (non-hydrogen) atoms. The SMILES string of the molecule is [CH2]C(Cl)=CC(Cl)C=C. The van der Waals surface area contributed by atoms with Gasteiger partial charge in [0, 0.05) is 5.03 Å². The molecule has 2 heteroatoms. The second-order valence-corrected chi connectivity index (χ2v) is 2.28. The fraction of sp³-hybridized carbons (Fsp3) is 0.167. The molecule has 0 spiro atoms. The molecule has 0 nitrogen and oxygen atoms in total. The summed E-state index contributed by atoms with van der Waals surface area (Å²) in [7, 11) is 0. The van der Waals surface area contributed by atoms with Gasteiger partial charge in [0.05, 0.1) is 5.38 Å². The van der Waals surface area contributed by atoms with Crippen LogP contribution in [0.1, 0.15) is 0 Å². The molecule has 1 unspecified atom stereocenters. The van der Waals surface area contributed by atoms with Gasteiger partial charge in [-0.1, -0.05) is 17.7 Å². The fourth-order valence-electron chi connectivity index (χ4n) is 0.241. The molecule has 0 heterocycles. The highest BCUT2D eigenvalue weighted by atomic mass is 35.5. The van der Waals surface area contributed by atoms with Gasteiger partial charge in [0.25, 0.3) is 0 Å². The molecule has 0 aliphatic heterocycles. The van der Waals surface area contributed by atoms with E-state index in [0.29, 0.717) is 5.03 Å². The monoisotopic (exact) mass is 149 g/mol. The van der Waals surface area contributed by atoms with E-state index in [4.69, 9.17) is 23.2 Å². The molecule has 0 saturated heterocycles. The normalized spacial score (nSPS) is 15.6. The third kappa shape index (κ3) is 4.23. The van der Waals surface area contributed by atoms with E-state index in [2.05, 4.69) is 13.5 Å². The minimum atomic E-state index is -0.194. The quantitative estimate of drug-likeness (QED) is 0.419. The molecule has 0 N–H and O–H groups in total. The van der Waals surface area contributed by atoms with Crippen LogP contribution in [0.3, 0.4) is 0 Å². The minimum absolute atomic E-state index is 0.194. The number of hydrogen-bond donors (Lipinski definition) is 0. The maximum atomic E-state index is 5.54. The van der Waals surface area contributed by atoms with Gasteiger partial charge in [-0.3, -0.25) is 0 Å². The number of rotatable bonds is 2. The highest BCUT2D eigenvalue weighted by Gasteiger charge is 1.90. The van der Waals surface area contributed by atoms with Crippen LogP contribution in [0, 0.1) is 6.92 Å². The third-order valence-electron chi connectivity index (χ3n) is 0.565. The first-order chi connectivity index (χ1) is 3.66. The molecule has 0 bridgehead atoms. The lowest BCUT2D eigenvalue weighted by Gasteiger charge is -1.91. The second-order valence-electron chi connectivity index (χ2n) is 1.29. The van der Waals surface area contributed by atoms with Gasteiger partial charge in [0.2, 0.25) is 0 Å². The Morgan fingerprint density at radius 3 is 2.25 bits per heavy atom. The molecule has 0 saturated carbocycles. The summed E-state index contributed by atoms with van der Waals surface area (Å²) in [5.74, 6) is 0. The average molecular weight is 150 g/mol. The van der Waals surface area contributed by atoms with Crippen LogP contribution in [0.4, 0.5) is 0 Å². The van der Waals surface area contributed by atoms with Crippen molar-refractivity contribution in [3.63, 3.8) is 0 Å². The number of alkyl halides is 1. The molecule has 0 aliphatic carbocycles. The Morgan fingerprint density at radius 2 is 2.12 bits per heavy atom. The molecule has 0 aromatic carbocycles. The van der Waals surface area contributed by atoms with Crippen molar-refractivity contribution in [3.05, 3.63) is 30.7 Å². The van der Waals surface area contributed by atoms with Gasteiger partial charge >= 0.3 is 0 Å². The molecule has 0 aliphatic rings. The average Bonchev–Trinajstić information content (AvgIpc) is 1.65. The number of hydrogen-bond acceptors (Lipinski definition) is 0. The summed E-state index contributed by atoms with van der Waals surface area (Å²) in [5.41, 5.74) is 0. The molecule has 1 atom stereocenters. The Labute approximate surface area is 59.8 Å². The zero-order chi connectivity index (χ0) is 6.57. The van der Waals surface area contributed by atoms with Crippen molar-refractivity contribution in [1.82, 2.24) is 0 Å². The standard InChI is InChI=1S/C6H7Cl2/c1-3-6(8)4-5(2)7/h3-4,6H,1-2H2. The zero-order valence-electron chi connectivity index (χ0n) is 4.40. The van der Waals surface area contributed by atoms with E-state index in [9.17, 15) is 0 Å². The summed E-state index contributed by atoms with van der Waals surface area (Å²) in [5, 5.41) is 0.255. The van der Waals surface area contributed by atoms with E-state index in [1.807, 2.05) is 0 Å². The molecule has 45 valence electrons. The maximum absolute atomic E-state index is 5.54. The first kappa shape index (κ1) is 8.06. The van der Waals surface area contributed by atoms with E-state index in [-0.39, 0.29) is 5.38 Å². The van der Waals surface area contributed by atoms with Crippen LogP contribution in [-0.2, 0) is 0 Å². The van der Waals surface area contributed by atoms with E-state index in [1.54, 1.807) is 12.2 Å². The van der Waals surface area contributed by atoms with Gasteiger partial charge in [-0.2, -0.15) is 0 Å². The van der Waals surface area contributed by atoms with Crippen molar-refractivity contribution >= 4 is 23.2 Å². The summed E-state index contributed by atoms with van der Waals surface area (Å²) in [4.78, 5) is 0. The van der Waals surface area contributed by atoms with Crippen molar-refractivity contribution in [2.24, 2.45) is 0 Å². The Bertz CT molecular complexity index is 101. The zero-order valence-corrected chi connectivity index (χ0v) is 5.91. The third-order valence-corrected chi connectivity index (χ3v) is 0.995. The van der Waals surface area contributed by atoms with Crippen LogP contribution in [0.2, 0.25) is 0 Å². The van der Waals surface area contributed by atoms with Crippen molar-refractivity contribution < 1.29 is 0 Å². The Morgan fingerprint density at radius 1 is 1.62 bits per heavy atom. The van der Waals surface area contributed by atoms with Crippen LogP contribution in [0.15, 0.2) is 23.8 Å². The molecule has 0 aromatic heterocycles. The van der Waals surface area contributed by atoms with Gasteiger partial charge in [0.1, 0.15) is 0 Å². The number of allylic oxidation sites excluding steroid dienone is 3. The largest absolute Gasteiger partial charge is 0.114 e. The molecule has 1 radical (unpaired) electrons. The molecular weight excluding hydrogens is 143 g/mol. The van der Waals surface area contributed by atoms with Crippen molar-refractivity contribution in [3.8, 4) is 0 Å². The van der Waals surface area contributed by atoms with E-state index >= 15 is 0 Å². The van der Waals surface area contributed by atoms with Crippen LogP contribution in [-0.4, -0.2) is 5.38 Å². The summed E-state index contributed by atoms with van der Waals surface area (Å²) in [6, 6.07) is 0. The van der Waals surface area contributed by atoms with Crippen LogP contribution in [0.5, 0.6) is 0 Å². The second kappa shape index (κ2) is 3.99. The van der Waals surface area contributed by atoms with Crippen LogP contribution < -0.4 is 0 Å². The first-order valence-electron chi connectivity index (χ1n) is 2.12. The first-order valence-corrected chi connectivity index (χ1v) is 2.94. The van der Waals surface area contributed by atoms with E-state index < -0.39 is 0 Å². The van der Waals surface area contributed by atoms with Crippen LogP contribution >= 0.6 is 23.2 Å². The molecule has 0 amide bonds. The van der Waals surface area contributed by atoms with Gasteiger partial charge in [-0.05, 0) is 13.0 Å². The van der Waals surface area contributed by atoms with Gasteiger partial charge in [-0.25, -0.2) is 0 Å². The van der Waals surface area contributed by atoms with Gasteiger partial charge in [-0.15, -0.1) is 18.2 Å². The predicted molar refractivity (Wildman–Crippen MR) is 39.1 cm³/mol. The lowest BCUT2D eigenvalue weighted by atomic mass is 10.4. The summed E-state index contributed by atoms with van der Waals surface area (Å²) in [6.45, 7) is 6.87. The molecule has 0 aromatic rings. The lowest BCUT2D eigenvalue weighted by molar-refractivity contribution is 1.40. The van der Waals surface area contributed by atoms with Crippen molar-refractivity contribution in [1.29, 1.82) is 0 Å². The molecule has 0 rings (SSSR count). The van der Waals surface area contributed by atoms with E-state index in [0.717, 1.165) is 0 Å². The Balaban J connectivity index is 3.68. The highest BCUT2D eigenvalue weighted by molar-refractivity contribution is 6.31. The van der Waals surface area contributed by atoms with Gasteiger partial charge in [0.15, 0.2) is 0 Å². The summed E-state index contributed by atoms with van der Waals surface area (Å²) in [6.07, 6.45) is 3.19. The fourth-order valence-corrected chi connectivity index (χ4v) is 0.593. The van der Waals surface area contributed by atoms with Crippen molar-refractivity contribution in [2.45, 2.75) is 5.38 Å². The Hall–Kier alpha value is 0.0600. The highest BCUT2D eigenvalue weighted by Crippen LogP contribution is 2.05. The van der Waals surface area contributed by atoms with Gasteiger partial charge < -0.3 is 0 Å². The van der Waals surface area contributed by atoms with Crippen molar-refractivity contribution in [2.75, 3.05) is 0 Å². The maximum Gasteiger partial charge on any atom is 0.0708 e. The van der Waals surface area contributed by atoms with Crippen LogP contribution in [0.25, 0.3) is 0 Å².